The lowest BCUT2D eigenvalue weighted by atomic mass is 9.97. The maximum atomic E-state index is 13.8. The Morgan fingerprint density at radius 3 is 2.63 bits per heavy atom. The van der Waals surface area contributed by atoms with Gasteiger partial charge in [0.1, 0.15) is 5.82 Å². The van der Waals surface area contributed by atoms with Crippen molar-refractivity contribution >= 4 is 5.57 Å². The number of fused-ring (bicyclic) bond motifs is 1. The Hall–Kier alpha value is -1.63. The molecule has 0 aliphatic heterocycles. The number of allylic oxidation sites excluding steroid dienone is 5. The average molecular weight is 256 g/mol. The Balaban J connectivity index is 2.44. The van der Waals surface area contributed by atoms with Gasteiger partial charge < -0.3 is 0 Å². The van der Waals surface area contributed by atoms with Crippen LogP contribution in [0.4, 0.5) is 4.39 Å². The fourth-order valence-corrected chi connectivity index (χ4v) is 2.56. The quantitative estimate of drug-likeness (QED) is 0.606. The summed E-state index contributed by atoms with van der Waals surface area (Å²) in [5.41, 5.74) is 5.58. The molecule has 19 heavy (non-hydrogen) atoms. The number of rotatable bonds is 5. The van der Waals surface area contributed by atoms with E-state index < -0.39 is 0 Å². The zero-order valence-electron chi connectivity index (χ0n) is 12.0. The van der Waals surface area contributed by atoms with Crippen LogP contribution < -0.4 is 0 Å². The fraction of sp³-hybridized carbons (Fsp3) is 0.333. The van der Waals surface area contributed by atoms with Crippen LogP contribution in [0.25, 0.3) is 5.57 Å². The summed E-state index contributed by atoms with van der Waals surface area (Å²) < 4.78 is 13.8. The highest BCUT2D eigenvalue weighted by Gasteiger charge is 2.32. The number of hydrogen-bond acceptors (Lipinski definition) is 0. The molecule has 0 radical (unpaired) electrons. The molecule has 1 aliphatic rings. The smallest absolute Gasteiger partial charge is 0.131 e. The van der Waals surface area contributed by atoms with Crippen LogP contribution in [0.3, 0.4) is 0 Å². The molecule has 0 saturated heterocycles. The molecule has 1 aromatic rings. The van der Waals surface area contributed by atoms with Crippen molar-refractivity contribution < 1.29 is 4.39 Å². The van der Waals surface area contributed by atoms with Crippen LogP contribution >= 0.6 is 0 Å². The van der Waals surface area contributed by atoms with Crippen LogP contribution in [0, 0.1) is 5.82 Å². The van der Waals surface area contributed by atoms with Crippen LogP contribution in [0.15, 0.2) is 47.6 Å². The Bertz CT molecular complexity index is 559. The maximum Gasteiger partial charge on any atom is 0.131 e. The van der Waals surface area contributed by atoms with Crippen LogP contribution in [-0.2, 0) is 0 Å². The van der Waals surface area contributed by atoms with E-state index >= 15 is 0 Å². The molecule has 1 aromatic carbocycles. The first-order valence-corrected chi connectivity index (χ1v) is 7.06. The molecule has 0 amide bonds. The van der Waals surface area contributed by atoms with E-state index in [9.17, 15) is 4.39 Å². The molecule has 0 atom stereocenters. The van der Waals surface area contributed by atoms with Crippen molar-refractivity contribution in [3.8, 4) is 0 Å². The number of benzene rings is 1. The molecule has 0 aromatic heterocycles. The van der Waals surface area contributed by atoms with Gasteiger partial charge in [-0.1, -0.05) is 43.7 Å². The first kappa shape index (κ1) is 13.8. The molecule has 0 unspecified atom stereocenters. The van der Waals surface area contributed by atoms with Gasteiger partial charge in [0, 0.05) is 5.56 Å². The molecule has 0 heterocycles. The minimum atomic E-state index is -0.0857. The van der Waals surface area contributed by atoms with E-state index in [4.69, 9.17) is 0 Å². The Morgan fingerprint density at radius 2 is 2.05 bits per heavy atom. The lowest BCUT2D eigenvalue weighted by Crippen LogP contribution is -1.88. The summed E-state index contributed by atoms with van der Waals surface area (Å²) >= 11 is 0. The van der Waals surface area contributed by atoms with E-state index in [1.54, 1.807) is 12.1 Å². The molecule has 100 valence electrons. The van der Waals surface area contributed by atoms with Gasteiger partial charge in [0.25, 0.3) is 0 Å². The van der Waals surface area contributed by atoms with Crippen LogP contribution in [0.2, 0.25) is 0 Å². The minimum Gasteiger partial charge on any atom is -0.206 e. The van der Waals surface area contributed by atoms with Gasteiger partial charge in [-0.2, -0.15) is 0 Å². The Morgan fingerprint density at radius 1 is 1.26 bits per heavy atom. The molecule has 0 saturated carbocycles. The predicted molar refractivity (Wildman–Crippen MR) is 80.5 cm³/mol. The number of hydrogen-bond donors (Lipinski definition) is 0. The van der Waals surface area contributed by atoms with Gasteiger partial charge in [-0.05, 0) is 55.0 Å². The highest BCUT2D eigenvalue weighted by Crippen LogP contribution is 2.48. The largest absolute Gasteiger partial charge is 0.206 e. The third-order valence-electron chi connectivity index (χ3n) is 3.56. The standard InChI is InChI=1S/C18H21F/c1-4-7-10-14(13(6-3)9-5-2)17-15-11-8-12-16(19)18(15)17/h5-6,8-9,11-12H,4,7,10H2,1-3H3/b9-5-,13-6+,17-14-. The van der Waals surface area contributed by atoms with Crippen molar-refractivity contribution in [1.82, 2.24) is 0 Å². The summed E-state index contributed by atoms with van der Waals surface area (Å²) in [6, 6.07) is 5.36. The van der Waals surface area contributed by atoms with E-state index in [1.807, 2.05) is 26.0 Å². The lowest BCUT2D eigenvalue weighted by molar-refractivity contribution is 0.628. The summed E-state index contributed by atoms with van der Waals surface area (Å²) in [6.07, 6.45) is 9.60. The molecule has 0 N–H and O–H groups in total. The Kier molecular flexibility index (Phi) is 4.36. The SMILES string of the molecule is C\C=C/C(=C\C)C(/CCCC)=C1/c2cccc(F)c21. The molecular formula is C18H21F. The van der Waals surface area contributed by atoms with Crippen molar-refractivity contribution in [3.05, 3.63) is 64.5 Å². The third-order valence-corrected chi connectivity index (χ3v) is 3.56. The first-order valence-electron chi connectivity index (χ1n) is 7.06. The zero-order valence-corrected chi connectivity index (χ0v) is 12.0. The summed E-state index contributed by atoms with van der Waals surface area (Å²) in [5.74, 6) is -0.0857. The summed E-state index contributed by atoms with van der Waals surface area (Å²) in [6.45, 7) is 6.26. The normalized spacial score (nSPS) is 16.7. The molecule has 0 bridgehead atoms. The second-order valence-electron chi connectivity index (χ2n) is 4.86. The number of unbranched alkanes of at least 4 members (excludes halogenated alkanes) is 1. The van der Waals surface area contributed by atoms with E-state index in [2.05, 4.69) is 19.1 Å². The fourth-order valence-electron chi connectivity index (χ4n) is 2.56. The van der Waals surface area contributed by atoms with Crippen molar-refractivity contribution in [2.24, 2.45) is 0 Å². The molecular weight excluding hydrogens is 235 g/mol. The molecule has 1 aliphatic carbocycles. The van der Waals surface area contributed by atoms with E-state index in [0.29, 0.717) is 0 Å². The van der Waals surface area contributed by atoms with Crippen molar-refractivity contribution in [2.45, 2.75) is 40.0 Å². The topological polar surface area (TPSA) is 0 Å². The molecule has 0 fully saturated rings. The van der Waals surface area contributed by atoms with Crippen molar-refractivity contribution in [1.29, 1.82) is 0 Å². The van der Waals surface area contributed by atoms with Gasteiger partial charge in [0.2, 0.25) is 0 Å². The monoisotopic (exact) mass is 256 g/mol. The van der Waals surface area contributed by atoms with Gasteiger partial charge in [-0.25, -0.2) is 4.39 Å². The molecule has 0 nitrogen and oxygen atoms in total. The van der Waals surface area contributed by atoms with E-state index in [1.165, 1.54) is 11.1 Å². The van der Waals surface area contributed by atoms with E-state index in [-0.39, 0.29) is 5.82 Å². The van der Waals surface area contributed by atoms with Gasteiger partial charge >= 0.3 is 0 Å². The van der Waals surface area contributed by atoms with Crippen LogP contribution in [0.5, 0.6) is 0 Å². The maximum absolute atomic E-state index is 13.8. The zero-order chi connectivity index (χ0) is 13.8. The summed E-state index contributed by atoms with van der Waals surface area (Å²) in [5, 5.41) is 0. The highest BCUT2D eigenvalue weighted by molar-refractivity contribution is 6.03. The second-order valence-corrected chi connectivity index (χ2v) is 4.86. The van der Waals surface area contributed by atoms with Crippen LogP contribution in [-0.4, -0.2) is 0 Å². The Labute approximate surface area is 115 Å². The lowest BCUT2D eigenvalue weighted by Gasteiger charge is -2.07. The van der Waals surface area contributed by atoms with Crippen molar-refractivity contribution in [3.63, 3.8) is 0 Å². The second kappa shape index (κ2) is 6.01. The summed E-state index contributed by atoms with van der Waals surface area (Å²) in [7, 11) is 0. The highest BCUT2D eigenvalue weighted by atomic mass is 19.1. The van der Waals surface area contributed by atoms with Gasteiger partial charge in [0.05, 0.1) is 0 Å². The molecule has 2 rings (SSSR count). The predicted octanol–water partition coefficient (Wildman–Crippen LogP) is 5.65. The van der Waals surface area contributed by atoms with Crippen LogP contribution in [0.1, 0.15) is 51.2 Å². The first-order chi connectivity index (χ1) is 9.24. The minimum absolute atomic E-state index is 0.0857. The average Bonchev–Trinajstić information content (AvgIpc) is 3.14. The molecule has 0 spiro atoms. The number of halogens is 1. The van der Waals surface area contributed by atoms with E-state index in [0.717, 1.165) is 36.0 Å². The van der Waals surface area contributed by atoms with Gasteiger partial charge in [0.15, 0.2) is 0 Å². The van der Waals surface area contributed by atoms with Gasteiger partial charge in [-0.15, -0.1) is 0 Å². The third kappa shape index (κ3) is 2.70. The molecule has 1 heteroatoms. The van der Waals surface area contributed by atoms with Crippen molar-refractivity contribution in [2.75, 3.05) is 0 Å². The van der Waals surface area contributed by atoms with Gasteiger partial charge in [-0.3, -0.25) is 0 Å². The summed E-state index contributed by atoms with van der Waals surface area (Å²) in [4.78, 5) is 0.